The quantitative estimate of drug-likeness (QED) is 0.902. The van der Waals surface area contributed by atoms with Gasteiger partial charge in [0, 0.05) is 18.6 Å². The Labute approximate surface area is 114 Å². The molecule has 1 N–H and O–H groups in total. The molecule has 1 spiro atoms. The summed E-state index contributed by atoms with van der Waals surface area (Å²) in [5.41, 5.74) is -0.459. The number of aromatic nitrogens is 2. The lowest BCUT2D eigenvalue weighted by atomic mass is 9.71. The average Bonchev–Trinajstić information content (AvgIpc) is 2.98. The van der Waals surface area contributed by atoms with E-state index in [1.54, 1.807) is 0 Å². The summed E-state index contributed by atoms with van der Waals surface area (Å²) in [6, 6.07) is 0.773. The molecule has 3 aliphatic rings. The molecule has 20 heavy (non-hydrogen) atoms. The Morgan fingerprint density at radius 3 is 2.70 bits per heavy atom. The SMILES string of the molecule is CN1CC2CC23CC(Nc2cnc(C(F)(F)F)cn2)C13. The molecular formula is C13H15F3N4. The maximum atomic E-state index is 12.4. The van der Waals surface area contributed by atoms with Gasteiger partial charge in [-0.15, -0.1) is 0 Å². The van der Waals surface area contributed by atoms with E-state index in [1.807, 2.05) is 0 Å². The highest BCUT2D eigenvalue weighted by atomic mass is 19.4. The van der Waals surface area contributed by atoms with Crippen LogP contribution in [0, 0.1) is 11.3 Å². The predicted octanol–water partition coefficient (Wildman–Crippen LogP) is 2.00. The number of anilines is 1. The fraction of sp³-hybridized carbons (Fsp3) is 0.692. The highest BCUT2D eigenvalue weighted by molar-refractivity contribution is 5.39. The highest BCUT2D eigenvalue weighted by Crippen LogP contribution is 2.71. The first kappa shape index (κ1) is 12.4. The fourth-order valence-electron chi connectivity index (χ4n) is 4.22. The third kappa shape index (κ3) is 1.58. The normalized spacial score (nSPS) is 38.9. The van der Waals surface area contributed by atoms with Crippen molar-refractivity contribution >= 4 is 5.82 Å². The molecule has 4 atom stereocenters. The van der Waals surface area contributed by atoms with Crippen molar-refractivity contribution in [3.05, 3.63) is 18.1 Å². The molecule has 0 bridgehead atoms. The van der Waals surface area contributed by atoms with Gasteiger partial charge in [-0.25, -0.2) is 9.97 Å². The van der Waals surface area contributed by atoms with Crippen molar-refractivity contribution in [3.8, 4) is 0 Å². The van der Waals surface area contributed by atoms with Crippen LogP contribution < -0.4 is 5.32 Å². The molecule has 108 valence electrons. The van der Waals surface area contributed by atoms with Crippen LogP contribution in [0.25, 0.3) is 0 Å². The summed E-state index contributed by atoms with van der Waals surface area (Å²) in [5.74, 6) is 1.25. The summed E-state index contributed by atoms with van der Waals surface area (Å²) in [7, 11) is 2.12. The minimum Gasteiger partial charge on any atom is -0.364 e. The van der Waals surface area contributed by atoms with Gasteiger partial charge < -0.3 is 10.2 Å². The van der Waals surface area contributed by atoms with E-state index in [1.165, 1.54) is 12.6 Å². The zero-order valence-corrected chi connectivity index (χ0v) is 11.0. The van der Waals surface area contributed by atoms with Gasteiger partial charge >= 0.3 is 6.18 Å². The number of hydrogen-bond acceptors (Lipinski definition) is 4. The Kier molecular flexibility index (Phi) is 2.25. The van der Waals surface area contributed by atoms with Gasteiger partial charge in [0.1, 0.15) is 5.82 Å². The van der Waals surface area contributed by atoms with E-state index in [0.717, 1.165) is 25.1 Å². The molecule has 1 aliphatic heterocycles. The van der Waals surface area contributed by atoms with Crippen molar-refractivity contribution in [2.24, 2.45) is 11.3 Å². The number of halogens is 3. The van der Waals surface area contributed by atoms with E-state index in [0.29, 0.717) is 17.3 Å². The van der Waals surface area contributed by atoms with E-state index in [2.05, 4.69) is 27.2 Å². The second kappa shape index (κ2) is 3.63. The Hall–Kier alpha value is -1.37. The van der Waals surface area contributed by atoms with Gasteiger partial charge in [-0.05, 0) is 31.2 Å². The number of nitrogens with zero attached hydrogens (tertiary/aromatic N) is 3. The molecule has 1 saturated heterocycles. The van der Waals surface area contributed by atoms with Crippen LogP contribution in [-0.4, -0.2) is 40.5 Å². The Bertz CT molecular complexity index is 544. The fourth-order valence-corrected chi connectivity index (χ4v) is 4.22. The van der Waals surface area contributed by atoms with Crippen molar-refractivity contribution in [2.75, 3.05) is 18.9 Å². The molecule has 0 aromatic carbocycles. The Morgan fingerprint density at radius 2 is 2.10 bits per heavy atom. The predicted molar refractivity (Wildman–Crippen MR) is 66.0 cm³/mol. The van der Waals surface area contributed by atoms with E-state index in [4.69, 9.17) is 0 Å². The maximum Gasteiger partial charge on any atom is 0.434 e. The second-order valence-electron chi connectivity index (χ2n) is 6.26. The molecule has 1 aromatic heterocycles. The third-order valence-electron chi connectivity index (χ3n) is 5.11. The summed E-state index contributed by atoms with van der Waals surface area (Å²) >= 11 is 0. The molecule has 4 nitrogen and oxygen atoms in total. The van der Waals surface area contributed by atoms with Gasteiger partial charge in [-0.1, -0.05) is 0 Å². The van der Waals surface area contributed by atoms with Crippen LogP contribution >= 0.6 is 0 Å². The zero-order chi connectivity index (χ0) is 14.1. The lowest BCUT2D eigenvalue weighted by Gasteiger charge is -2.47. The molecule has 2 heterocycles. The number of rotatable bonds is 2. The number of hydrogen-bond donors (Lipinski definition) is 1. The molecule has 4 unspecified atom stereocenters. The van der Waals surface area contributed by atoms with Gasteiger partial charge in [0.05, 0.1) is 12.4 Å². The zero-order valence-electron chi connectivity index (χ0n) is 11.0. The summed E-state index contributed by atoms with van der Waals surface area (Å²) in [4.78, 5) is 9.61. The topological polar surface area (TPSA) is 41.0 Å². The average molecular weight is 284 g/mol. The van der Waals surface area contributed by atoms with Crippen molar-refractivity contribution in [2.45, 2.75) is 31.1 Å². The Morgan fingerprint density at radius 1 is 1.30 bits per heavy atom. The molecule has 1 aromatic rings. The van der Waals surface area contributed by atoms with Crippen molar-refractivity contribution in [3.63, 3.8) is 0 Å². The summed E-state index contributed by atoms with van der Waals surface area (Å²) in [5, 5.41) is 3.23. The molecule has 0 radical (unpaired) electrons. The molecule has 3 fully saturated rings. The first-order valence-electron chi connectivity index (χ1n) is 6.76. The van der Waals surface area contributed by atoms with Crippen LogP contribution in [-0.2, 0) is 6.18 Å². The van der Waals surface area contributed by atoms with E-state index >= 15 is 0 Å². The number of likely N-dealkylation sites (N-methyl/N-ethyl adjacent to an activating group) is 1. The second-order valence-corrected chi connectivity index (χ2v) is 6.26. The minimum atomic E-state index is -4.43. The van der Waals surface area contributed by atoms with Gasteiger partial charge in [-0.2, -0.15) is 13.2 Å². The summed E-state index contributed by atoms with van der Waals surface area (Å²) in [6.07, 6.45) is -0.0740. The van der Waals surface area contributed by atoms with Crippen molar-refractivity contribution in [1.29, 1.82) is 0 Å². The first-order chi connectivity index (χ1) is 9.40. The maximum absolute atomic E-state index is 12.4. The van der Waals surface area contributed by atoms with Crippen LogP contribution in [0.2, 0.25) is 0 Å². The molecule has 4 rings (SSSR count). The monoisotopic (exact) mass is 284 g/mol. The van der Waals surface area contributed by atoms with Crippen LogP contribution in [0.3, 0.4) is 0 Å². The lowest BCUT2D eigenvalue weighted by Crippen LogP contribution is -2.57. The lowest BCUT2D eigenvalue weighted by molar-refractivity contribution is -0.141. The van der Waals surface area contributed by atoms with Crippen LogP contribution in [0.4, 0.5) is 19.0 Å². The largest absolute Gasteiger partial charge is 0.434 e. The summed E-state index contributed by atoms with van der Waals surface area (Å²) < 4.78 is 37.2. The summed E-state index contributed by atoms with van der Waals surface area (Å²) in [6.45, 7) is 1.14. The number of likely N-dealkylation sites (tertiary alicyclic amines) is 1. The van der Waals surface area contributed by atoms with Crippen LogP contribution in [0.5, 0.6) is 0 Å². The van der Waals surface area contributed by atoms with Gasteiger partial charge in [0.2, 0.25) is 0 Å². The minimum absolute atomic E-state index is 0.276. The molecule has 0 amide bonds. The van der Waals surface area contributed by atoms with Crippen LogP contribution in [0.15, 0.2) is 12.4 Å². The van der Waals surface area contributed by atoms with Gasteiger partial charge in [0.15, 0.2) is 5.69 Å². The number of alkyl halides is 3. The van der Waals surface area contributed by atoms with E-state index in [-0.39, 0.29) is 6.04 Å². The van der Waals surface area contributed by atoms with E-state index in [9.17, 15) is 13.2 Å². The van der Waals surface area contributed by atoms with Crippen LogP contribution in [0.1, 0.15) is 18.5 Å². The van der Waals surface area contributed by atoms with Gasteiger partial charge in [-0.3, -0.25) is 0 Å². The molecule has 7 heteroatoms. The standard InChI is InChI=1S/C13H15F3N4/c1-20-6-7-2-12(7)3-8(11(12)20)19-10-5-17-9(4-18-10)13(14,15)16/h4-5,7-8,11H,2-3,6H2,1H3,(H,18,19). The van der Waals surface area contributed by atoms with Crippen molar-refractivity contribution < 1.29 is 13.2 Å². The smallest absolute Gasteiger partial charge is 0.364 e. The molecule has 2 aliphatic carbocycles. The highest BCUT2D eigenvalue weighted by Gasteiger charge is 2.73. The van der Waals surface area contributed by atoms with E-state index < -0.39 is 11.9 Å². The Balaban J connectivity index is 1.45. The van der Waals surface area contributed by atoms with Gasteiger partial charge in [0.25, 0.3) is 0 Å². The number of nitrogens with one attached hydrogen (secondary N) is 1. The van der Waals surface area contributed by atoms with Crippen molar-refractivity contribution in [1.82, 2.24) is 14.9 Å². The number of piperidine rings is 1. The third-order valence-corrected chi connectivity index (χ3v) is 5.11. The first-order valence-corrected chi connectivity index (χ1v) is 6.76. The molecular weight excluding hydrogens is 269 g/mol. The molecule has 2 saturated carbocycles.